The van der Waals surface area contributed by atoms with E-state index in [2.05, 4.69) is 37.9 Å². The van der Waals surface area contributed by atoms with E-state index in [-0.39, 0.29) is 5.75 Å². The summed E-state index contributed by atoms with van der Waals surface area (Å²) >= 11 is 6.09. The number of benzene rings is 1. The molecule has 1 saturated heterocycles. The van der Waals surface area contributed by atoms with Crippen LogP contribution in [-0.4, -0.2) is 55.9 Å². The Morgan fingerprint density at radius 1 is 1.14 bits per heavy atom. The Morgan fingerprint density at radius 3 is 2.59 bits per heavy atom. The van der Waals surface area contributed by atoms with Crippen molar-refractivity contribution in [3.05, 3.63) is 64.8 Å². The number of piperazine rings is 1. The fourth-order valence-corrected chi connectivity index (χ4v) is 3.70. The Labute approximate surface area is 174 Å². The zero-order valence-electron chi connectivity index (χ0n) is 16.5. The smallest absolute Gasteiger partial charge is 0.250 e. The highest BCUT2D eigenvalue weighted by Gasteiger charge is 2.20. The van der Waals surface area contributed by atoms with Gasteiger partial charge in [0.1, 0.15) is 5.75 Å². The van der Waals surface area contributed by atoms with Crippen LogP contribution in [0, 0.1) is 6.92 Å². The van der Waals surface area contributed by atoms with Crippen LogP contribution in [0.3, 0.4) is 0 Å². The topological polar surface area (TPSA) is 70.3 Å². The highest BCUT2D eigenvalue weighted by atomic mass is 35.5. The second kappa shape index (κ2) is 8.13. The van der Waals surface area contributed by atoms with E-state index in [9.17, 15) is 5.11 Å². The molecule has 0 saturated carbocycles. The number of halogens is 1. The zero-order valence-corrected chi connectivity index (χ0v) is 17.2. The molecule has 0 amide bonds. The number of phenols is 1. The van der Waals surface area contributed by atoms with Gasteiger partial charge in [0.2, 0.25) is 0 Å². The molecular weight excluding hydrogens is 388 g/mol. The fourth-order valence-electron chi connectivity index (χ4n) is 3.53. The molecule has 0 radical (unpaired) electrons. The molecule has 1 aliphatic heterocycles. The van der Waals surface area contributed by atoms with Gasteiger partial charge in [-0.3, -0.25) is 0 Å². The number of rotatable bonds is 4. The van der Waals surface area contributed by atoms with E-state index >= 15 is 0 Å². The minimum Gasteiger partial charge on any atom is -0.506 e. The number of aromatic hydroxyl groups is 1. The lowest BCUT2D eigenvalue weighted by Crippen LogP contribution is -2.45. The van der Waals surface area contributed by atoms with Crippen molar-refractivity contribution in [2.45, 2.75) is 13.8 Å². The van der Waals surface area contributed by atoms with Gasteiger partial charge in [-0.05, 0) is 44.2 Å². The van der Waals surface area contributed by atoms with Crippen LogP contribution < -0.4 is 4.90 Å². The average Bonchev–Trinajstić information content (AvgIpc) is 3.10. The Balaban J connectivity index is 1.46. The minimum absolute atomic E-state index is 0.265. The van der Waals surface area contributed by atoms with E-state index in [1.807, 2.05) is 19.2 Å². The van der Waals surface area contributed by atoms with Crippen molar-refractivity contribution in [1.82, 2.24) is 24.6 Å². The second-order valence-corrected chi connectivity index (χ2v) is 7.48. The average molecular weight is 411 g/mol. The standard InChI is InChI=1S/C21H23ClN6O/c1-15(12-17-14-25-28(16(17)2)21-23-6-3-7-24-21)26-8-10-27(11-9-26)19-13-18(22)4-5-20(19)29/h3-7,12-14,29H,8-11H2,1-2H3/b15-12+. The molecule has 1 N–H and O–H groups in total. The molecule has 1 aromatic carbocycles. The van der Waals surface area contributed by atoms with Crippen LogP contribution in [0.5, 0.6) is 5.75 Å². The maximum Gasteiger partial charge on any atom is 0.250 e. The molecule has 0 spiro atoms. The van der Waals surface area contributed by atoms with Gasteiger partial charge >= 0.3 is 0 Å². The molecule has 8 heteroatoms. The normalized spacial score (nSPS) is 15.1. The lowest BCUT2D eigenvalue weighted by molar-refractivity contribution is 0.323. The third kappa shape index (κ3) is 4.05. The molecule has 29 heavy (non-hydrogen) atoms. The molecule has 0 unspecified atom stereocenters. The molecule has 1 fully saturated rings. The van der Waals surface area contributed by atoms with Crippen LogP contribution in [0.25, 0.3) is 12.0 Å². The minimum atomic E-state index is 0.265. The molecule has 2 aromatic heterocycles. The van der Waals surface area contributed by atoms with Gasteiger partial charge in [-0.2, -0.15) is 5.10 Å². The van der Waals surface area contributed by atoms with E-state index in [0.29, 0.717) is 11.0 Å². The van der Waals surface area contributed by atoms with Crippen molar-refractivity contribution in [3.63, 3.8) is 0 Å². The van der Waals surface area contributed by atoms with Gasteiger partial charge < -0.3 is 14.9 Å². The summed E-state index contributed by atoms with van der Waals surface area (Å²) in [7, 11) is 0. The van der Waals surface area contributed by atoms with E-state index in [1.54, 1.807) is 35.3 Å². The fraction of sp³-hybridized carbons (Fsp3) is 0.286. The second-order valence-electron chi connectivity index (χ2n) is 7.04. The van der Waals surface area contributed by atoms with Gasteiger partial charge in [0.05, 0.1) is 17.6 Å². The molecule has 0 aliphatic carbocycles. The third-order valence-electron chi connectivity index (χ3n) is 5.21. The van der Waals surface area contributed by atoms with Gasteiger partial charge in [-0.25, -0.2) is 14.6 Å². The predicted molar refractivity (Wildman–Crippen MR) is 114 cm³/mol. The molecule has 3 aromatic rings. The van der Waals surface area contributed by atoms with Crippen molar-refractivity contribution in [2.75, 3.05) is 31.1 Å². The molecular formula is C21H23ClN6O. The van der Waals surface area contributed by atoms with E-state index in [4.69, 9.17) is 11.6 Å². The van der Waals surface area contributed by atoms with Crippen LogP contribution in [0.2, 0.25) is 5.02 Å². The van der Waals surface area contributed by atoms with Crippen molar-refractivity contribution in [2.24, 2.45) is 0 Å². The lowest BCUT2D eigenvalue weighted by Gasteiger charge is -2.38. The maximum absolute atomic E-state index is 10.1. The quantitative estimate of drug-likeness (QED) is 0.709. The first-order valence-electron chi connectivity index (χ1n) is 9.51. The van der Waals surface area contributed by atoms with Crippen molar-refractivity contribution in [3.8, 4) is 11.7 Å². The number of aromatic nitrogens is 4. The number of hydrogen-bond acceptors (Lipinski definition) is 6. The zero-order chi connectivity index (χ0) is 20.4. The number of anilines is 1. The van der Waals surface area contributed by atoms with Crippen LogP contribution in [0.1, 0.15) is 18.2 Å². The van der Waals surface area contributed by atoms with Crippen LogP contribution in [-0.2, 0) is 0 Å². The summed E-state index contributed by atoms with van der Waals surface area (Å²) in [6.07, 6.45) is 7.41. The summed E-state index contributed by atoms with van der Waals surface area (Å²) in [5.74, 6) is 0.832. The Bertz CT molecular complexity index is 1020. The molecule has 0 atom stereocenters. The third-order valence-corrected chi connectivity index (χ3v) is 5.45. The van der Waals surface area contributed by atoms with Crippen LogP contribution in [0.15, 0.2) is 48.6 Å². The van der Waals surface area contributed by atoms with E-state index < -0.39 is 0 Å². The SMILES string of the molecule is C/C(=C\c1cnn(-c2ncccn2)c1C)N1CCN(c2cc(Cl)ccc2O)CC1. The summed E-state index contributed by atoms with van der Waals surface area (Å²) in [5.41, 5.74) is 4.01. The molecule has 4 rings (SSSR count). The lowest BCUT2D eigenvalue weighted by atomic mass is 10.2. The van der Waals surface area contributed by atoms with Gasteiger partial charge in [0.15, 0.2) is 0 Å². The van der Waals surface area contributed by atoms with Crippen molar-refractivity contribution in [1.29, 1.82) is 0 Å². The first-order valence-corrected chi connectivity index (χ1v) is 9.89. The van der Waals surface area contributed by atoms with E-state index in [1.165, 1.54) is 5.70 Å². The van der Waals surface area contributed by atoms with Crippen LogP contribution >= 0.6 is 11.6 Å². The summed E-state index contributed by atoms with van der Waals surface area (Å²) < 4.78 is 1.75. The predicted octanol–water partition coefficient (Wildman–Crippen LogP) is 3.51. The Hall–Kier alpha value is -3.06. The summed E-state index contributed by atoms with van der Waals surface area (Å²) in [6, 6.07) is 6.95. The molecule has 0 bridgehead atoms. The maximum atomic E-state index is 10.1. The van der Waals surface area contributed by atoms with E-state index in [0.717, 1.165) is 43.1 Å². The summed E-state index contributed by atoms with van der Waals surface area (Å²) in [4.78, 5) is 13.0. The molecule has 150 valence electrons. The highest BCUT2D eigenvalue weighted by molar-refractivity contribution is 6.30. The number of nitrogens with zero attached hydrogens (tertiary/aromatic N) is 6. The Morgan fingerprint density at radius 2 is 1.86 bits per heavy atom. The summed E-state index contributed by atoms with van der Waals surface area (Å²) in [5, 5.41) is 15.2. The number of hydrogen-bond donors (Lipinski definition) is 1. The van der Waals surface area contributed by atoms with Gasteiger partial charge in [-0.15, -0.1) is 0 Å². The van der Waals surface area contributed by atoms with Crippen molar-refractivity contribution >= 4 is 23.4 Å². The van der Waals surface area contributed by atoms with Crippen LogP contribution in [0.4, 0.5) is 5.69 Å². The van der Waals surface area contributed by atoms with Gasteiger partial charge in [0.25, 0.3) is 5.95 Å². The largest absolute Gasteiger partial charge is 0.506 e. The first-order chi connectivity index (χ1) is 14.0. The monoisotopic (exact) mass is 410 g/mol. The first kappa shape index (κ1) is 19.3. The molecule has 1 aliphatic rings. The van der Waals surface area contributed by atoms with Gasteiger partial charge in [-0.1, -0.05) is 11.6 Å². The highest BCUT2D eigenvalue weighted by Crippen LogP contribution is 2.31. The summed E-state index contributed by atoms with van der Waals surface area (Å²) in [6.45, 7) is 7.49. The Kier molecular flexibility index (Phi) is 5.40. The van der Waals surface area contributed by atoms with Crippen molar-refractivity contribution < 1.29 is 5.11 Å². The number of phenolic OH excluding ortho intramolecular Hbond substituents is 1. The van der Waals surface area contributed by atoms with Gasteiger partial charge in [0, 0.05) is 54.9 Å². The molecule has 7 nitrogen and oxygen atoms in total. The number of allylic oxidation sites excluding steroid dienone is 1. The molecule has 3 heterocycles.